The summed E-state index contributed by atoms with van der Waals surface area (Å²) in [6.45, 7) is 10.9. The van der Waals surface area contributed by atoms with Crippen LogP contribution >= 0.6 is 0 Å². The lowest BCUT2D eigenvalue weighted by molar-refractivity contribution is 0.0980. The van der Waals surface area contributed by atoms with E-state index < -0.39 is 0 Å². The zero-order chi connectivity index (χ0) is 10.1. The molecule has 0 aromatic rings. The van der Waals surface area contributed by atoms with Crippen molar-refractivity contribution < 1.29 is 5.11 Å². The lowest BCUT2D eigenvalue weighted by atomic mass is 9.74. The van der Waals surface area contributed by atoms with Gasteiger partial charge in [-0.15, -0.1) is 0 Å². The fourth-order valence-corrected chi connectivity index (χ4v) is 1.84. The SMILES string of the molecule is CC(C)C(C)(C)C[C@@H]1CNC[C@H]1O. The van der Waals surface area contributed by atoms with Gasteiger partial charge in [0, 0.05) is 13.1 Å². The highest BCUT2D eigenvalue weighted by Crippen LogP contribution is 2.35. The van der Waals surface area contributed by atoms with Crippen LogP contribution in [0.3, 0.4) is 0 Å². The molecule has 1 saturated heterocycles. The molecular formula is C11H23NO. The summed E-state index contributed by atoms with van der Waals surface area (Å²) in [5, 5.41) is 12.9. The van der Waals surface area contributed by atoms with Gasteiger partial charge in [0.15, 0.2) is 0 Å². The van der Waals surface area contributed by atoms with Gasteiger partial charge in [-0.2, -0.15) is 0 Å². The monoisotopic (exact) mass is 185 g/mol. The number of nitrogens with one attached hydrogen (secondary N) is 1. The lowest BCUT2D eigenvalue weighted by Gasteiger charge is -2.32. The molecule has 0 bridgehead atoms. The van der Waals surface area contributed by atoms with E-state index >= 15 is 0 Å². The molecule has 0 spiro atoms. The van der Waals surface area contributed by atoms with Crippen LogP contribution in [0.25, 0.3) is 0 Å². The summed E-state index contributed by atoms with van der Waals surface area (Å²) in [6, 6.07) is 0. The van der Waals surface area contributed by atoms with Gasteiger partial charge < -0.3 is 10.4 Å². The average molecular weight is 185 g/mol. The van der Waals surface area contributed by atoms with Crippen LogP contribution in [0, 0.1) is 17.3 Å². The van der Waals surface area contributed by atoms with Crippen LogP contribution in [0.15, 0.2) is 0 Å². The standard InChI is InChI=1S/C11H23NO/c1-8(2)11(3,4)5-9-6-12-7-10(9)13/h8-10,12-13H,5-7H2,1-4H3/t9-,10-/m1/s1. The highest BCUT2D eigenvalue weighted by molar-refractivity contribution is 4.86. The first-order chi connectivity index (χ1) is 5.93. The van der Waals surface area contributed by atoms with Crippen LogP contribution in [-0.2, 0) is 0 Å². The molecule has 1 rings (SSSR count). The van der Waals surface area contributed by atoms with Crippen molar-refractivity contribution in [1.82, 2.24) is 5.32 Å². The van der Waals surface area contributed by atoms with Crippen molar-refractivity contribution in [1.29, 1.82) is 0 Å². The normalized spacial score (nSPS) is 30.0. The molecule has 2 heteroatoms. The Kier molecular flexibility index (Phi) is 3.36. The Morgan fingerprint density at radius 1 is 1.38 bits per heavy atom. The molecule has 2 nitrogen and oxygen atoms in total. The molecule has 0 radical (unpaired) electrons. The third-order valence-electron chi connectivity index (χ3n) is 3.66. The summed E-state index contributed by atoms with van der Waals surface area (Å²) in [4.78, 5) is 0. The fourth-order valence-electron chi connectivity index (χ4n) is 1.84. The fraction of sp³-hybridized carbons (Fsp3) is 1.00. The maximum Gasteiger partial charge on any atom is 0.0705 e. The predicted octanol–water partition coefficient (Wildman–Crippen LogP) is 1.64. The van der Waals surface area contributed by atoms with Crippen molar-refractivity contribution in [3.8, 4) is 0 Å². The molecule has 2 atom stereocenters. The average Bonchev–Trinajstić information content (AvgIpc) is 2.35. The third-order valence-corrected chi connectivity index (χ3v) is 3.66. The Bertz CT molecular complexity index is 165. The first-order valence-corrected chi connectivity index (χ1v) is 5.32. The quantitative estimate of drug-likeness (QED) is 0.700. The van der Waals surface area contributed by atoms with Gasteiger partial charge in [0.05, 0.1) is 6.10 Å². The van der Waals surface area contributed by atoms with E-state index in [0.717, 1.165) is 19.5 Å². The molecule has 0 unspecified atom stereocenters. The molecule has 2 N–H and O–H groups in total. The van der Waals surface area contributed by atoms with E-state index in [2.05, 4.69) is 33.0 Å². The van der Waals surface area contributed by atoms with Crippen molar-refractivity contribution in [3.63, 3.8) is 0 Å². The molecule has 0 amide bonds. The van der Waals surface area contributed by atoms with Crippen LogP contribution in [0.5, 0.6) is 0 Å². The third kappa shape index (κ3) is 2.68. The first-order valence-electron chi connectivity index (χ1n) is 5.32. The molecule has 1 fully saturated rings. The van der Waals surface area contributed by atoms with Crippen LogP contribution in [0.1, 0.15) is 34.1 Å². The number of aliphatic hydroxyl groups is 1. The zero-order valence-corrected chi connectivity index (χ0v) is 9.30. The molecular weight excluding hydrogens is 162 g/mol. The summed E-state index contributed by atoms with van der Waals surface area (Å²) in [5.41, 5.74) is 0.345. The topological polar surface area (TPSA) is 32.3 Å². The largest absolute Gasteiger partial charge is 0.391 e. The Labute approximate surface area is 81.7 Å². The molecule has 0 aromatic heterocycles. The number of aliphatic hydroxyl groups excluding tert-OH is 1. The van der Waals surface area contributed by atoms with Gasteiger partial charge in [-0.3, -0.25) is 0 Å². The van der Waals surface area contributed by atoms with Crippen LogP contribution in [-0.4, -0.2) is 24.3 Å². The van der Waals surface area contributed by atoms with Crippen LogP contribution < -0.4 is 5.32 Å². The molecule has 1 aliphatic heterocycles. The molecule has 0 saturated carbocycles. The maximum absolute atomic E-state index is 9.67. The van der Waals surface area contributed by atoms with Gasteiger partial charge in [0.2, 0.25) is 0 Å². The second-order valence-electron chi connectivity index (χ2n) is 5.33. The summed E-state index contributed by atoms with van der Waals surface area (Å²) in [6.07, 6.45) is 0.997. The van der Waals surface area contributed by atoms with Gasteiger partial charge in [-0.1, -0.05) is 27.7 Å². The maximum atomic E-state index is 9.67. The van der Waals surface area contributed by atoms with E-state index in [4.69, 9.17) is 0 Å². The second kappa shape index (κ2) is 3.97. The van der Waals surface area contributed by atoms with Crippen molar-refractivity contribution in [2.24, 2.45) is 17.3 Å². The van der Waals surface area contributed by atoms with E-state index in [0.29, 0.717) is 17.3 Å². The molecule has 0 aromatic carbocycles. The van der Waals surface area contributed by atoms with Gasteiger partial charge in [-0.05, 0) is 23.7 Å². The molecule has 1 heterocycles. The van der Waals surface area contributed by atoms with Crippen molar-refractivity contribution in [3.05, 3.63) is 0 Å². The highest BCUT2D eigenvalue weighted by atomic mass is 16.3. The zero-order valence-electron chi connectivity index (χ0n) is 9.30. The van der Waals surface area contributed by atoms with Crippen LogP contribution in [0.2, 0.25) is 0 Å². The van der Waals surface area contributed by atoms with E-state index in [1.807, 2.05) is 0 Å². The smallest absolute Gasteiger partial charge is 0.0705 e. The lowest BCUT2D eigenvalue weighted by Crippen LogP contribution is -2.28. The van der Waals surface area contributed by atoms with Gasteiger partial charge in [-0.25, -0.2) is 0 Å². The highest BCUT2D eigenvalue weighted by Gasteiger charge is 2.32. The Morgan fingerprint density at radius 3 is 2.38 bits per heavy atom. The minimum absolute atomic E-state index is 0.127. The molecule has 13 heavy (non-hydrogen) atoms. The Balaban J connectivity index is 2.47. The summed E-state index contributed by atoms with van der Waals surface area (Å²) < 4.78 is 0. The summed E-state index contributed by atoms with van der Waals surface area (Å²) in [5.74, 6) is 1.14. The predicted molar refractivity (Wildman–Crippen MR) is 55.6 cm³/mol. The van der Waals surface area contributed by atoms with Gasteiger partial charge >= 0.3 is 0 Å². The van der Waals surface area contributed by atoms with E-state index in [-0.39, 0.29) is 6.10 Å². The second-order valence-corrected chi connectivity index (χ2v) is 5.33. The number of rotatable bonds is 3. The van der Waals surface area contributed by atoms with Gasteiger partial charge in [0.25, 0.3) is 0 Å². The summed E-state index contributed by atoms with van der Waals surface area (Å²) in [7, 11) is 0. The van der Waals surface area contributed by atoms with E-state index in [9.17, 15) is 5.11 Å². The minimum Gasteiger partial charge on any atom is -0.391 e. The van der Waals surface area contributed by atoms with Crippen molar-refractivity contribution in [2.45, 2.75) is 40.2 Å². The van der Waals surface area contributed by atoms with E-state index in [1.165, 1.54) is 0 Å². The molecule has 78 valence electrons. The number of hydrogen-bond donors (Lipinski definition) is 2. The Morgan fingerprint density at radius 2 is 2.00 bits per heavy atom. The first kappa shape index (κ1) is 11.0. The Hall–Kier alpha value is -0.0800. The molecule has 0 aliphatic carbocycles. The minimum atomic E-state index is -0.127. The number of hydrogen-bond acceptors (Lipinski definition) is 2. The van der Waals surface area contributed by atoms with Crippen molar-refractivity contribution >= 4 is 0 Å². The van der Waals surface area contributed by atoms with E-state index in [1.54, 1.807) is 0 Å². The number of β-amino-alcohol motifs (C(OH)–C–C–N with tert-alkyl or cyclic N) is 1. The molecule has 1 aliphatic rings. The van der Waals surface area contributed by atoms with Crippen LogP contribution in [0.4, 0.5) is 0 Å². The van der Waals surface area contributed by atoms with Gasteiger partial charge in [0.1, 0.15) is 0 Å². The van der Waals surface area contributed by atoms with Crippen molar-refractivity contribution in [2.75, 3.05) is 13.1 Å². The summed E-state index contributed by atoms with van der Waals surface area (Å²) >= 11 is 0.